The Hall–Kier alpha value is -1.01. The summed E-state index contributed by atoms with van der Waals surface area (Å²) in [5.41, 5.74) is 2.63. The Morgan fingerprint density at radius 1 is 1.28 bits per heavy atom. The Morgan fingerprint density at radius 3 is 2.72 bits per heavy atom. The molecule has 7 heteroatoms. The van der Waals surface area contributed by atoms with Gasteiger partial charge in [-0.1, -0.05) is 18.2 Å². The smallest absolute Gasteiger partial charge is 0.239 e. The lowest BCUT2D eigenvalue weighted by Crippen LogP contribution is -2.48. The summed E-state index contributed by atoms with van der Waals surface area (Å²) in [5.74, 6) is 0.107. The highest BCUT2D eigenvalue weighted by Crippen LogP contribution is 2.29. The number of methoxy groups -OCH3 is 1. The monoisotopic (exact) mass is 389 g/mol. The minimum atomic E-state index is 0. The lowest BCUT2D eigenvalue weighted by atomic mass is 9.79. The summed E-state index contributed by atoms with van der Waals surface area (Å²) in [4.78, 5) is 14.6. The number of carbonyl (C=O) groups is 1. The topological polar surface area (TPSA) is 53.6 Å². The predicted octanol–water partition coefficient (Wildman–Crippen LogP) is 2.03. The van der Waals surface area contributed by atoms with Crippen molar-refractivity contribution < 1.29 is 9.53 Å². The molecule has 0 aliphatic carbocycles. The molecule has 2 aliphatic rings. The first-order valence-corrected chi connectivity index (χ1v) is 8.52. The fourth-order valence-electron chi connectivity index (χ4n) is 3.72. The van der Waals surface area contributed by atoms with Crippen LogP contribution in [0.1, 0.15) is 18.4 Å². The molecule has 2 heterocycles. The van der Waals surface area contributed by atoms with Gasteiger partial charge in [-0.2, -0.15) is 0 Å². The number of hydrogen-bond donors (Lipinski definition) is 2. The average molecular weight is 390 g/mol. The normalized spacial score (nSPS) is 17.9. The molecule has 1 fully saturated rings. The first kappa shape index (κ1) is 22.0. The van der Waals surface area contributed by atoms with Crippen molar-refractivity contribution in [2.24, 2.45) is 5.41 Å². The van der Waals surface area contributed by atoms with E-state index in [1.54, 1.807) is 7.11 Å². The number of fused-ring (bicyclic) bond motifs is 1. The van der Waals surface area contributed by atoms with Crippen LogP contribution in [0.25, 0.3) is 0 Å². The Labute approximate surface area is 162 Å². The molecular weight excluding hydrogens is 361 g/mol. The summed E-state index contributed by atoms with van der Waals surface area (Å²) >= 11 is 0. The van der Waals surface area contributed by atoms with Crippen molar-refractivity contribution in [1.82, 2.24) is 10.6 Å². The molecule has 0 aromatic heterocycles. The number of ether oxygens (including phenoxy) is 1. The van der Waals surface area contributed by atoms with E-state index in [9.17, 15) is 4.79 Å². The van der Waals surface area contributed by atoms with Gasteiger partial charge in [0.25, 0.3) is 0 Å². The number of hydrogen-bond acceptors (Lipinski definition) is 4. The van der Waals surface area contributed by atoms with Gasteiger partial charge in [0, 0.05) is 31.3 Å². The molecule has 0 radical (unpaired) electrons. The fraction of sp³-hybridized carbons (Fsp3) is 0.611. The zero-order chi connectivity index (χ0) is 16.1. The third-order valence-electron chi connectivity index (χ3n) is 5.09. The molecule has 0 spiro atoms. The van der Waals surface area contributed by atoms with Crippen molar-refractivity contribution in [3.05, 3.63) is 29.8 Å². The van der Waals surface area contributed by atoms with Crippen molar-refractivity contribution in [2.75, 3.05) is 51.3 Å². The van der Waals surface area contributed by atoms with Crippen LogP contribution < -0.4 is 15.5 Å². The Balaban J connectivity index is 0.00000156. The van der Waals surface area contributed by atoms with Gasteiger partial charge in [-0.3, -0.25) is 4.79 Å². The van der Waals surface area contributed by atoms with E-state index in [-0.39, 0.29) is 36.1 Å². The van der Waals surface area contributed by atoms with Crippen LogP contribution in [0.3, 0.4) is 0 Å². The van der Waals surface area contributed by atoms with Crippen LogP contribution in [-0.2, 0) is 16.0 Å². The predicted molar refractivity (Wildman–Crippen MR) is 106 cm³/mol. The third-order valence-corrected chi connectivity index (χ3v) is 5.09. The maximum absolute atomic E-state index is 12.4. The van der Waals surface area contributed by atoms with Gasteiger partial charge in [-0.05, 0) is 44.0 Å². The highest BCUT2D eigenvalue weighted by Gasteiger charge is 2.32. The Bertz CT molecular complexity index is 545. The molecule has 3 rings (SSSR count). The number of benzene rings is 1. The van der Waals surface area contributed by atoms with Gasteiger partial charge in [0.2, 0.25) is 5.91 Å². The molecule has 2 N–H and O–H groups in total. The van der Waals surface area contributed by atoms with Crippen molar-refractivity contribution in [2.45, 2.75) is 19.3 Å². The minimum absolute atomic E-state index is 0. The average Bonchev–Trinajstić information content (AvgIpc) is 2.98. The van der Waals surface area contributed by atoms with Crippen molar-refractivity contribution in [3.63, 3.8) is 0 Å². The van der Waals surface area contributed by atoms with E-state index >= 15 is 0 Å². The summed E-state index contributed by atoms with van der Waals surface area (Å²) in [6, 6.07) is 8.36. The fourth-order valence-corrected chi connectivity index (χ4v) is 3.72. The number of para-hydroxylation sites is 1. The van der Waals surface area contributed by atoms with Gasteiger partial charge < -0.3 is 20.3 Å². The molecule has 1 saturated heterocycles. The van der Waals surface area contributed by atoms with Crippen LogP contribution >= 0.6 is 24.8 Å². The van der Waals surface area contributed by atoms with E-state index in [1.165, 1.54) is 11.3 Å². The van der Waals surface area contributed by atoms with E-state index < -0.39 is 0 Å². The van der Waals surface area contributed by atoms with Crippen LogP contribution in [0, 0.1) is 5.41 Å². The van der Waals surface area contributed by atoms with Gasteiger partial charge in [0.05, 0.1) is 13.2 Å². The van der Waals surface area contributed by atoms with Gasteiger partial charge in [0.1, 0.15) is 0 Å². The number of halogens is 2. The molecule has 1 amide bonds. The Kier molecular flexibility index (Phi) is 9.00. The van der Waals surface area contributed by atoms with Crippen LogP contribution in [0.4, 0.5) is 5.69 Å². The molecule has 0 bridgehead atoms. The molecule has 0 saturated carbocycles. The molecule has 142 valence electrons. The van der Waals surface area contributed by atoms with Gasteiger partial charge in [0.15, 0.2) is 0 Å². The summed E-state index contributed by atoms with van der Waals surface area (Å²) < 4.78 is 5.41. The Morgan fingerprint density at radius 2 is 2.00 bits per heavy atom. The van der Waals surface area contributed by atoms with E-state index in [1.807, 2.05) is 6.07 Å². The standard InChI is InChI=1S/C18H27N3O2.2ClH/c1-23-14-18(7-9-19-10-8-18)13-20-17(22)12-21-11-6-15-4-2-3-5-16(15)21;;/h2-5,19H,6-14H2,1H3,(H,20,22);2*1H. The van der Waals surface area contributed by atoms with Crippen molar-refractivity contribution in [1.29, 1.82) is 0 Å². The first-order valence-electron chi connectivity index (χ1n) is 8.52. The first-order chi connectivity index (χ1) is 11.2. The van der Waals surface area contributed by atoms with Gasteiger partial charge in [-0.15, -0.1) is 24.8 Å². The molecule has 2 aliphatic heterocycles. The SMILES string of the molecule is COCC1(CNC(=O)CN2CCc3ccccc32)CCNCC1.Cl.Cl. The number of piperidine rings is 1. The number of rotatable bonds is 6. The zero-order valence-electron chi connectivity index (χ0n) is 14.8. The zero-order valence-corrected chi connectivity index (χ0v) is 16.4. The second-order valence-corrected chi connectivity index (χ2v) is 6.76. The maximum Gasteiger partial charge on any atom is 0.239 e. The lowest BCUT2D eigenvalue weighted by molar-refractivity contribution is -0.120. The van der Waals surface area contributed by atoms with E-state index in [2.05, 4.69) is 33.7 Å². The maximum atomic E-state index is 12.4. The van der Waals surface area contributed by atoms with Crippen LogP contribution in [0.15, 0.2) is 24.3 Å². The summed E-state index contributed by atoms with van der Waals surface area (Å²) in [6.45, 7) is 4.79. The van der Waals surface area contributed by atoms with Crippen molar-refractivity contribution >= 4 is 36.4 Å². The second kappa shape index (κ2) is 10.2. The van der Waals surface area contributed by atoms with Gasteiger partial charge >= 0.3 is 0 Å². The van der Waals surface area contributed by atoms with E-state index in [0.29, 0.717) is 19.7 Å². The molecule has 5 nitrogen and oxygen atoms in total. The van der Waals surface area contributed by atoms with E-state index in [0.717, 1.165) is 38.9 Å². The van der Waals surface area contributed by atoms with Crippen LogP contribution in [0.2, 0.25) is 0 Å². The van der Waals surface area contributed by atoms with Crippen LogP contribution in [-0.4, -0.2) is 52.3 Å². The number of nitrogens with zero attached hydrogens (tertiary/aromatic N) is 1. The molecule has 0 atom stereocenters. The highest BCUT2D eigenvalue weighted by atomic mass is 35.5. The minimum Gasteiger partial charge on any atom is -0.384 e. The highest BCUT2D eigenvalue weighted by molar-refractivity contribution is 5.85. The molecule has 1 aromatic carbocycles. The quantitative estimate of drug-likeness (QED) is 0.781. The third kappa shape index (κ3) is 5.48. The summed E-state index contributed by atoms with van der Waals surface area (Å²) in [5, 5.41) is 6.53. The number of nitrogens with one attached hydrogen (secondary N) is 2. The number of anilines is 1. The lowest BCUT2D eigenvalue weighted by Gasteiger charge is -2.37. The van der Waals surface area contributed by atoms with Gasteiger partial charge in [-0.25, -0.2) is 0 Å². The molecule has 25 heavy (non-hydrogen) atoms. The van der Waals surface area contributed by atoms with E-state index in [4.69, 9.17) is 4.74 Å². The summed E-state index contributed by atoms with van der Waals surface area (Å²) in [7, 11) is 1.74. The number of amides is 1. The second-order valence-electron chi connectivity index (χ2n) is 6.76. The summed E-state index contributed by atoms with van der Waals surface area (Å²) in [6.07, 6.45) is 3.13. The van der Waals surface area contributed by atoms with Crippen molar-refractivity contribution in [3.8, 4) is 0 Å². The largest absolute Gasteiger partial charge is 0.384 e. The molecular formula is C18H29Cl2N3O2. The molecule has 0 unspecified atom stereocenters. The number of carbonyl (C=O) groups excluding carboxylic acids is 1. The van der Waals surface area contributed by atoms with Crippen LogP contribution in [0.5, 0.6) is 0 Å². The molecule has 1 aromatic rings.